The Bertz CT molecular complexity index is 1890. The average Bonchev–Trinajstić information content (AvgIpc) is 2.93. The van der Waals surface area contributed by atoms with Crippen molar-refractivity contribution in [2.75, 3.05) is 25.1 Å². The molecule has 10 nitrogen and oxygen atoms in total. The summed E-state index contributed by atoms with van der Waals surface area (Å²) in [5.74, 6) is 0.784. The van der Waals surface area contributed by atoms with E-state index < -0.39 is 16.1 Å². The summed E-state index contributed by atoms with van der Waals surface area (Å²) in [5.41, 5.74) is 7.80. The zero-order chi connectivity index (χ0) is 28.6. The smallest absolute Gasteiger partial charge is 0.267 e. The maximum atomic E-state index is 13.8. The highest BCUT2D eigenvalue weighted by Crippen LogP contribution is 2.31. The van der Waals surface area contributed by atoms with Gasteiger partial charge in [-0.2, -0.15) is 4.98 Å². The fraction of sp³-hybridized carbons (Fsp3) is 0.143. The van der Waals surface area contributed by atoms with E-state index in [1.807, 2.05) is 37.3 Å². The van der Waals surface area contributed by atoms with E-state index in [1.54, 1.807) is 36.4 Å². The molecular weight excluding hydrogens is 550 g/mol. The van der Waals surface area contributed by atoms with Gasteiger partial charge in [-0.15, -0.1) is 0 Å². The van der Waals surface area contributed by atoms with Gasteiger partial charge in [-0.1, -0.05) is 48.0 Å². The molecule has 0 aliphatic carbocycles. The number of nitrogens with zero attached hydrogens (tertiary/aromatic N) is 5. The van der Waals surface area contributed by atoms with Crippen molar-refractivity contribution in [2.45, 2.75) is 17.9 Å². The predicted octanol–water partition coefficient (Wildman–Crippen LogP) is 4.50. The van der Waals surface area contributed by atoms with E-state index in [1.165, 1.54) is 30.9 Å². The van der Waals surface area contributed by atoms with Crippen molar-refractivity contribution in [3.8, 4) is 16.8 Å². The molecule has 0 amide bonds. The molecule has 3 N–H and O–H groups in total. The van der Waals surface area contributed by atoms with Crippen LogP contribution in [0.3, 0.4) is 0 Å². The summed E-state index contributed by atoms with van der Waals surface area (Å²) in [6, 6.07) is 20.2. The molecule has 0 aliphatic heterocycles. The molecule has 0 saturated carbocycles. The standard InChI is InChI=1S/C28H26ClN7O3S/c1-17(26-33-23-14-8-13-22(29)24(23)27(37)36(26)19-10-5-4-6-11-19)32-25-21(16-31-28(30)34-25)18-9-7-12-20(15-18)40(38,39)35(2)3/h4-17H,1-3H3,(H3,30,31,32,34)/t17-/m1/s1. The lowest BCUT2D eigenvalue weighted by Crippen LogP contribution is -2.27. The number of aromatic nitrogens is 4. The fourth-order valence-electron chi connectivity index (χ4n) is 4.35. The second kappa shape index (κ2) is 10.7. The first kappa shape index (κ1) is 27.3. The Hall–Kier alpha value is -4.32. The molecule has 5 aromatic rings. The van der Waals surface area contributed by atoms with Crippen molar-refractivity contribution in [3.63, 3.8) is 0 Å². The molecule has 0 unspecified atom stereocenters. The van der Waals surface area contributed by atoms with Gasteiger partial charge in [0.2, 0.25) is 16.0 Å². The van der Waals surface area contributed by atoms with Crippen LogP contribution in [0.4, 0.5) is 11.8 Å². The normalized spacial score (nSPS) is 12.5. The molecule has 5 rings (SSSR count). The number of halogens is 1. The van der Waals surface area contributed by atoms with Gasteiger partial charge in [0.15, 0.2) is 0 Å². The van der Waals surface area contributed by atoms with Crippen molar-refractivity contribution >= 4 is 44.3 Å². The second-order valence-electron chi connectivity index (χ2n) is 9.25. The fourth-order valence-corrected chi connectivity index (χ4v) is 5.54. The van der Waals surface area contributed by atoms with Gasteiger partial charge in [0.1, 0.15) is 11.6 Å². The minimum absolute atomic E-state index is 0.0224. The van der Waals surface area contributed by atoms with Gasteiger partial charge < -0.3 is 11.1 Å². The highest BCUT2D eigenvalue weighted by Gasteiger charge is 2.22. The van der Waals surface area contributed by atoms with Crippen LogP contribution in [-0.2, 0) is 10.0 Å². The third-order valence-corrected chi connectivity index (χ3v) is 8.48. The first-order valence-electron chi connectivity index (χ1n) is 12.3. The lowest BCUT2D eigenvalue weighted by molar-refractivity contribution is 0.521. The molecule has 204 valence electrons. The van der Waals surface area contributed by atoms with Crippen LogP contribution in [0.25, 0.3) is 27.7 Å². The number of hydrogen-bond donors (Lipinski definition) is 2. The molecule has 0 saturated heterocycles. The Labute approximate surface area is 236 Å². The zero-order valence-electron chi connectivity index (χ0n) is 21.9. The van der Waals surface area contributed by atoms with E-state index in [0.717, 1.165) is 4.31 Å². The number of nitrogens with two attached hydrogens (primary N) is 1. The van der Waals surface area contributed by atoms with E-state index in [4.69, 9.17) is 22.3 Å². The van der Waals surface area contributed by atoms with Crippen molar-refractivity contribution in [1.29, 1.82) is 0 Å². The van der Waals surface area contributed by atoms with E-state index in [-0.39, 0.29) is 16.4 Å². The Morgan fingerprint density at radius 3 is 2.45 bits per heavy atom. The number of nitrogen functional groups attached to an aromatic ring is 1. The van der Waals surface area contributed by atoms with Crippen molar-refractivity contribution in [2.24, 2.45) is 0 Å². The van der Waals surface area contributed by atoms with Gasteiger partial charge in [0, 0.05) is 25.9 Å². The van der Waals surface area contributed by atoms with Gasteiger partial charge in [0.05, 0.1) is 32.6 Å². The van der Waals surface area contributed by atoms with E-state index >= 15 is 0 Å². The summed E-state index contributed by atoms with van der Waals surface area (Å²) in [4.78, 5) is 27.2. The second-order valence-corrected chi connectivity index (χ2v) is 11.8. The average molecular weight is 576 g/mol. The summed E-state index contributed by atoms with van der Waals surface area (Å²) in [7, 11) is -0.729. The van der Waals surface area contributed by atoms with E-state index in [9.17, 15) is 13.2 Å². The molecule has 40 heavy (non-hydrogen) atoms. The van der Waals surface area contributed by atoms with Crippen LogP contribution in [0.2, 0.25) is 5.02 Å². The first-order chi connectivity index (χ1) is 19.1. The number of benzene rings is 3. The Morgan fingerprint density at radius 1 is 1.00 bits per heavy atom. The number of para-hydroxylation sites is 1. The zero-order valence-corrected chi connectivity index (χ0v) is 23.5. The lowest BCUT2D eigenvalue weighted by Gasteiger charge is -2.21. The summed E-state index contributed by atoms with van der Waals surface area (Å²) in [6.07, 6.45) is 1.52. The SMILES string of the molecule is C[C@@H](Nc1nc(N)ncc1-c1cccc(S(=O)(=O)N(C)C)c1)c1nc2cccc(Cl)c2c(=O)n1-c1ccccc1. The summed E-state index contributed by atoms with van der Waals surface area (Å²) >= 11 is 6.41. The minimum Gasteiger partial charge on any atom is -0.368 e. The van der Waals surface area contributed by atoms with Crippen LogP contribution >= 0.6 is 11.6 Å². The maximum absolute atomic E-state index is 13.8. The third-order valence-electron chi connectivity index (χ3n) is 6.36. The van der Waals surface area contributed by atoms with Crippen LogP contribution in [0.1, 0.15) is 18.8 Å². The van der Waals surface area contributed by atoms with Gasteiger partial charge in [-0.05, 0) is 48.9 Å². The minimum atomic E-state index is -3.67. The van der Waals surface area contributed by atoms with E-state index in [0.29, 0.717) is 44.4 Å². The number of sulfonamides is 1. The third kappa shape index (κ3) is 5.02. The molecule has 0 bridgehead atoms. The van der Waals surface area contributed by atoms with Gasteiger partial charge >= 0.3 is 0 Å². The summed E-state index contributed by atoms with van der Waals surface area (Å²) < 4.78 is 28.2. The van der Waals surface area contributed by atoms with Crippen LogP contribution in [-0.4, -0.2) is 46.3 Å². The number of anilines is 2. The Balaban J connectivity index is 1.64. The monoisotopic (exact) mass is 575 g/mol. The quantitative estimate of drug-likeness (QED) is 0.289. The number of hydrogen-bond acceptors (Lipinski definition) is 8. The largest absolute Gasteiger partial charge is 0.368 e. The summed E-state index contributed by atoms with van der Waals surface area (Å²) in [6.45, 7) is 1.84. The van der Waals surface area contributed by atoms with Crippen molar-refractivity contribution in [1.82, 2.24) is 23.8 Å². The molecule has 12 heteroatoms. The predicted molar refractivity (Wildman–Crippen MR) is 157 cm³/mol. The molecule has 0 fully saturated rings. The van der Waals surface area contributed by atoms with Crippen molar-refractivity contribution < 1.29 is 8.42 Å². The first-order valence-corrected chi connectivity index (χ1v) is 14.1. The highest BCUT2D eigenvalue weighted by molar-refractivity contribution is 7.89. The number of rotatable bonds is 7. The molecule has 3 aromatic carbocycles. The maximum Gasteiger partial charge on any atom is 0.267 e. The van der Waals surface area contributed by atoms with Gasteiger partial charge in [-0.3, -0.25) is 9.36 Å². The molecule has 0 radical (unpaired) electrons. The van der Waals surface area contributed by atoms with Crippen LogP contribution < -0.4 is 16.6 Å². The van der Waals surface area contributed by atoms with Crippen LogP contribution in [0.15, 0.2) is 88.7 Å². The highest BCUT2D eigenvalue weighted by atomic mass is 35.5. The molecule has 0 spiro atoms. The molecule has 2 heterocycles. The Kier molecular flexibility index (Phi) is 7.28. The van der Waals surface area contributed by atoms with Gasteiger partial charge in [-0.25, -0.2) is 22.7 Å². The Morgan fingerprint density at radius 2 is 1.73 bits per heavy atom. The molecule has 0 aliphatic rings. The van der Waals surface area contributed by atoms with Crippen LogP contribution in [0, 0.1) is 0 Å². The van der Waals surface area contributed by atoms with E-state index in [2.05, 4.69) is 15.3 Å². The molecule has 2 aromatic heterocycles. The molecular formula is C28H26ClN7O3S. The van der Waals surface area contributed by atoms with Crippen molar-refractivity contribution in [3.05, 3.63) is 100 Å². The molecule has 1 atom stereocenters. The summed E-state index contributed by atoms with van der Waals surface area (Å²) in [5, 5.41) is 3.94. The lowest BCUT2D eigenvalue weighted by atomic mass is 10.1. The van der Waals surface area contributed by atoms with Crippen LogP contribution in [0.5, 0.6) is 0 Å². The number of nitrogens with one attached hydrogen (secondary N) is 1. The van der Waals surface area contributed by atoms with Gasteiger partial charge in [0.25, 0.3) is 5.56 Å². The number of fused-ring (bicyclic) bond motifs is 1. The topological polar surface area (TPSA) is 136 Å².